The van der Waals surface area contributed by atoms with Crippen LogP contribution in [0.1, 0.15) is 17.3 Å². The van der Waals surface area contributed by atoms with Crippen molar-refractivity contribution >= 4 is 39.3 Å². The van der Waals surface area contributed by atoms with Gasteiger partial charge in [-0.05, 0) is 49.4 Å². The number of nitrogens with one attached hydrogen (secondary N) is 1. The average molecular weight is 470 g/mol. The first-order valence-electron chi connectivity index (χ1n) is 9.50. The van der Waals surface area contributed by atoms with Crippen LogP contribution < -0.4 is 5.32 Å². The summed E-state index contributed by atoms with van der Waals surface area (Å²) in [6, 6.07) is 9.27. The summed E-state index contributed by atoms with van der Waals surface area (Å²) in [5.41, 5.74) is -0.0154. The molecule has 31 heavy (non-hydrogen) atoms. The van der Waals surface area contributed by atoms with Crippen molar-refractivity contribution in [3.05, 3.63) is 58.9 Å². The second kappa shape index (κ2) is 9.63. The van der Waals surface area contributed by atoms with E-state index in [9.17, 15) is 22.4 Å². The molecule has 1 heterocycles. The Morgan fingerprint density at radius 1 is 1.10 bits per heavy atom. The summed E-state index contributed by atoms with van der Waals surface area (Å²) in [4.78, 5) is 25.5. The molecular formula is C20H21ClFN3O5S. The minimum Gasteiger partial charge on any atom is -0.450 e. The third-order valence-corrected chi connectivity index (χ3v) is 6.83. The van der Waals surface area contributed by atoms with E-state index in [1.165, 1.54) is 9.21 Å². The topological polar surface area (TPSA) is 96.0 Å². The maximum Gasteiger partial charge on any atom is 0.409 e. The molecule has 0 unspecified atom stereocenters. The van der Waals surface area contributed by atoms with E-state index in [1.807, 2.05) is 0 Å². The number of hydrogen-bond donors (Lipinski definition) is 1. The van der Waals surface area contributed by atoms with Gasteiger partial charge >= 0.3 is 6.09 Å². The van der Waals surface area contributed by atoms with Gasteiger partial charge in [-0.15, -0.1) is 0 Å². The van der Waals surface area contributed by atoms with Crippen molar-refractivity contribution in [3.63, 3.8) is 0 Å². The predicted octanol–water partition coefficient (Wildman–Crippen LogP) is 3.19. The van der Waals surface area contributed by atoms with E-state index in [1.54, 1.807) is 31.2 Å². The fourth-order valence-corrected chi connectivity index (χ4v) is 4.62. The van der Waals surface area contributed by atoms with Crippen molar-refractivity contribution < 1.29 is 27.1 Å². The summed E-state index contributed by atoms with van der Waals surface area (Å²) in [7, 11) is -3.98. The van der Waals surface area contributed by atoms with E-state index >= 15 is 0 Å². The summed E-state index contributed by atoms with van der Waals surface area (Å²) >= 11 is 5.80. The molecule has 8 nitrogen and oxygen atoms in total. The molecule has 0 atom stereocenters. The van der Waals surface area contributed by atoms with Gasteiger partial charge in [0, 0.05) is 36.9 Å². The minimum absolute atomic E-state index is 0.0603. The molecule has 0 bridgehead atoms. The third-order valence-electron chi connectivity index (χ3n) is 4.69. The number of anilines is 1. The number of hydrogen-bond acceptors (Lipinski definition) is 5. The molecule has 3 rings (SSSR count). The van der Waals surface area contributed by atoms with Crippen molar-refractivity contribution in [2.24, 2.45) is 0 Å². The second-order valence-corrected chi connectivity index (χ2v) is 9.07. The summed E-state index contributed by atoms with van der Waals surface area (Å²) in [5, 5.41) is 2.98. The number of nitrogens with zero attached hydrogens (tertiary/aromatic N) is 2. The number of piperazine rings is 1. The lowest BCUT2D eigenvalue weighted by Crippen LogP contribution is -2.50. The Morgan fingerprint density at radius 3 is 2.35 bits per heavy atom. The van der Waals surface area contributed by atoms with Gasteiger partial charge in [0.2, 0.25) is 10.0 Å². The molecular weight excluding hydrogens is 449 g/mol. The molecule has 1 saturated heterocycles. The van der Waals surface area contributed by atoms with Crippen LogP contribution in [0.2, 0.25) is 5.02 Å². The van der Waals surface area contributed by atoms with Crippen LogP contribution in [0.3, 0.4) is 0 Å². The lowest BCUT2D eigenvalue weighted by molar-refractivity contribution is 0.0933. The third kappa shape index (κ3) is 5.33. The molecule has 2 aromatic rings. The molecule has 2 amide bonds. The Bertz CT molecular complexity index is 1070. The van der Waals surface area contributed by atoms with Gasteiger partial charge in [-0.2, -0.15) is 4.31 Å². The van der Waals surface area contributed by atoms with Crippen molar-refractivity contribution in [1.82, 2.24) is 9.21 Å². The van der Waals surface area contributed by atoms with Crippen molar-refractivity contribution in [1.29, 1.82) is 0 Å². The van der Waals surface area contributed by atoms with Gasteiger partial charge in [-0.3, -0.25) is 4.79 Å². The number of sulfonamides is 1. The predicted molar refractivity (Wildman–Crippen MR) is 113 cm³/mol. The molecule has 0 radical (unpaired) electrons. The Labute approximate surface area is 184 Å². The number of carbonyl (C=O) groups excluding carboxylic acids is 2. The zero-order chi connectivity index (χ0) is 22.6. The largest absolute Gasteiger partial charge is 0.450 e. The summed E-state index contributed by atoms with van der Waals surface area (Å²) in [5.74, 6) is -1.64. The minimum atomic E-state index is -3.98. The number of benzene rings is 2. The molecule has 0 spiro atoms. The van der Waals surface area contributed by atoms with Gasteiger partial charge < -0.3 is 15.0 Å². The van der Waals surface area contributed by atoms with Crippen LogP contribution in [0, 0.1) is 5.82 Å². The average Bonchev–Trinajstić information content (AvgIpc) is 2.75. The number of carbonyl (C=O) groups is 2. The molecule has 0 saturated carbocycles. The maximum atomic E-state index is 14.3. The van der Waals surface area contributed by atoms with Gasteiger partial charge in [-0.1, -0.05) is 11.6 Å². The van der Waals surface area contributed by atoms with Crippen molar-refractivity contribution in [3.8, 4) is 0 Å². The first-order chi connectivity index (χ1) is 14.7. The lowest BCUT2D eigenvalue weighted by atomic mass is 10.2. The SMILES string of the molecule is CCOC(=O)N1CCN(S(=O)(=O)c2ccc(F)c(C(=O)Nc3ccc(Cl)cc3)c2)CC1. The molecule has 11 heteroatoms. The highest BCUT2D eigenvalue weighted by atomic mass is 35.5. The van der Waals surface area contributed by atoms with Crippen molar-refractivity contribution in [2.75, 3.05) is 38.1 Å². The Morgan fingerprint density at radius 2 is 1.74 bits per heavy atom. The highest BCUT2D eigenvalue weighted by Crippen LogP contribution is 2.22. The molecule has 2 aromatic carbocycles. The van der Waals surface area contributed by atoms with Gasteiger partial charge in [0.15, 0.2) is 0 Å². The highest BCUT2D eigenvalue weighted by molar-refractivity contribution is 7.89. The van der Waals surface area contributed by atoms with Crippen LogP contribution in [0.5, 0.6) is 0 Å². The van der Waals surface area contributed by atoms with Crippen LogP contribution in [-0.4, -0.2) is 62.4 Å². The van der Waals surface area contributed by atoms with Gasteiger partial charge in [0.1, 0.15) is 5.82 Å². The first-order valence-corrected chi connectivity index (χ1v) is 11.3. The number of rotatable bonds is 5. The number of halogens is 2. The van der Waals surface area contributed by atoms with E-state index < -0.39 is 33.4 Å². The van der Waals surface area contributed by atoms with E-state index in [0.717, 1.165) is 18.2 Å². The monoisotopic (exact) mass is 469 g/mol. The van der Waals surface area contributed by atoms with Crippen LogP contribution >= 0.6 is 11.6 Å². The summed E-state index contributed by atoms with van der Waals surface area (Å²) in [6.07, 6.45) is -0.498. The smallest absolute Gasteiger partial charge is 0.409 e. The summed E-state index contributed by atoms with van der Waals surface area (Å²) < 4.78 is 46.4. The van der Waals surface area contributed by atoms with E-state index in [2.05, 4.69) is 5.32 Å². The molecule has 1 N–H and O–H groups in total. The van der Waals surface area contributed by atoms with Crippen LogP contribution in [-0.2, 0) is 14.8 Å². The zero-order valence-electron chi connectivity index (χ0n) is 16.7. The van der Waals surface area contributed by atoms with Crippen molar-refractivity contribution in [2.45, 2.75) is 11.8 Å². The van der Waals surface area contributed by atoms with Crippen LogP contribution in [0.15, 0.2) is 47.4 Å². The standard InChI is InChI=1S/C20H21ClFN3O5S/c1-2-30-20(27)24-9-11-25(12-10-24)31(28,29)16-7-8-18(22)17(13-16)19(26)23-15-5-3-14(21)4-6-15/h3-8,13H,2,9-12H2,1H3,(H,23,26). The Balaban J connectivity index is 1.76. The van der Waals surface area contributed by atoms with Crippen LogP contribution in [0.25, 0.3) is 0 Å². The van der Waals surface area contributed by atoms with E-state index in [4.69, 9.17) is 16.3 Å². The van der Waals surface area contributed by atoms with Gasteiger partial charge in [-0.25, -0.2) is 17.6 Å². The van der Waals surface area contributed by atoms with E-state index in [0.29, 0.717) is 10.7 Å². The molecule has 0 aliphatic carbocycles. The molecule has 1 aliphatic rings. The maximum absolute atomic E-state index is 14.3. The molecule has 166 valence electrons. The fraction of sp³-hybridized carbons (Fsp3) is 0.300. The highest BCUT2D eigenvalue weighted by Gasteiger charge is 2.31. The number of amides is 2. The molecule has 0 aromatic heterocycles. The Hall–Kier alpha value is -2.69. The number of ether oxygens (including phenoxy) is 1. The van der Waals surface area contributed by atoms with Gasteiger partial charge in [0.05, 0.1) is 17.1 Å². The fourth-order valence-electron chi connectivity index (χ4n) is 3.05. The second-order valence-electron chi connectivity index (χ2n) is 6.69. The molecule has 1 aliphatic heterocycles. The first kappa shape index (κ1) is 23.0. The summed E-state index contributed by atoms with van der Waals surface area (Å²) in [6.45, 7) is 2.38. The zero-order valence-corrected chi connectivity index (χ0v) is 18.2. The normalized spacial score (nSPS) is 14.9. The Kier molecular flexibility index (Phi) is 7.14. The molecule has 1 fully saturated rings. The lowest BCUT2D eigenvalue weighted by Gasteiger charge is -2.33. The van der Waals surface area contributed by atoms with Gasteiger partial charge in [0.25, 0.3) is 5.91 Å². The van der Waals surface area contributed by atoms with E-state index in [-0.39, 0.29) is 37.7 Å². The van der Waals surface area contributed by atoms with Crippen LogP contribution in [0.4, 0.5) is 14.9 Å². The quantitative estimate of drug-likeness (QED) is 0.725.